The van der Waals surface area contributed by atoms with Crippen LogP contribution < -0.4 is 14.2 Å². The molecule has 2 aliphatic heterocycles. The number of hydrogen-bond acceptors (Lipinski definition) is 12. The van der Waals surface area contributed by atoms with Crippen molar-refractivity contribution in [2.24, 2.45) is 0 Å². The molecule has 0 amide bonds. The fourth-order valence-electron chi connectivity index (χ4n) is 3.69. The van der Waals surface area contributed by atoms with E-state index in [1.165, 1.54) is 14.2 Å². The molecule has 0 aromatic heterocycles. The average molecular weight is 488 g/mol. The second kappa shape index (κ2) is 11.6. The molecule has 3 rings (SSSR count). The van der Waals surface area contributed by atoms with Crippen molar-refractivity contribution in [3.05, 3.63) is 23.8 Å². The molecule has 34 heavy (non-hydrogen) atoms. The number of methoxy groups -OCH3 is 2. The molecule has 12 heteroatoms. The number of aliphatic hydroxyl groups is 6. The monoisotopic (exact) mass is 488 g/mol. The molecule has 1 aromatic rings. The van der Waals surface area contributed by atoms with Crippen LogP contribution in [0.5, 0.6) is 17.2 Å². The lowest BCUT2D eigenvalue weighted by Crippen LogP contribution is -2.61. The van der Waals surface area contributed by atoms with Crippen LogP contribution in [-0.4, -0.2) is 113 Å². The summed E-state index contributed by atoms with van der Waals surface area (Å²) in [5.41, 5.74) is 0.772. The van der Waals surface area contributed by atoms with Gasteiger partial charge in [0, 0.05) is 0 Å². The van der Waals surface area contributed by atoms with E-state index in [-0.39, 0.29) is 23.9 Å². The summed E-state index contributed by atoms with van der Waals surface area (Å²) in [5, 5.41) is 60.5. The first-order valence-electron chi connectivity index (χ1n) is 10.7. The summed E-state index contributed by atoms with van der Waals surface area (Å²) in [7, 11) is 2.85. The van der Waals surface area contributed by atoms with Crippen molar-refractivity contribution < 1.29 is 59.1 Å². The quantitative estimate of drug-likeness (QED) is 0.247. The molecule has 0 bridgehead atoms. The lowest BCUT2D eigenvalue weighted by molar-refractivity contribution is -0.307. The fraction of sp³-hybridized carbons (Fsp3) is 0.636. The molecule has 1 aromatic carbocycles. The maximum atomic E-state index is 10.5. The van der Waals surface area contributed by atoms with Crippen LogP contribution in [0.4, 0.5) is 0 Å². The Morgan fingerprint density at radius 1 is 0.882 bits per heavy atom. The Bertz CT molecular complexity index is 807. The standard InChI is InChI=1S/C22H32O12/c1-4-5-10-6-12(29-2)20(13(7-10)30-3)34-22-19(28)17(26)16(25)14(33-22)9-32-21-18(27)15(24)11(23)8-31-21/h4-7,11,14-19,21-28H,8-9H2,1-3H3/b5-4+/t11-,14-,15+,16-,17+,18-,19-,21+,22+/m1/s1. The Morgan fingerprint density at radius 2 is 1.50 bits per heavy atom. The van der Waals surface area contributed by atoms with Gasteiger partial charge in [0.15, 0.2) is 17.8 Å². The summed E-state index contributed by atoms with van der Waals surface area (Å²) in [6.45, 7) is 1.18. The highest BCUT2D eigenvalue weighted by Crippen LogP contribution is 2.41. The van der Waals surface area contributed by atoms with Crippen LogP contribution in [-0.2, 0) is 14.2 Å². The maximum absolute atomic E-state index is 10.5. The van der Waals surface area contributed by atoms with Crippen LogP contribution >= 0.6 is 0 Å². The summed E-state index contributed by atoms with van der Waals surface area (Å²) in [4.78, 5) is 0. The molecule has 0 aliphatic carbocycles. The number of aliphatic hydroxyl groups excluding tert-OH is 6. The third-order valence-electron chi connectivity index (χ3n) is 5.62. The van der Waals surface area contributed by atoms with Gasteiger partial charge in [-0.1, -0.05) is 12.2 Å². The average Bonchev–Trinajstić information content (AvgIpc) is 2.83. The predicted molar refractivity (Wildman–Crippen MR) is 115 cm³/mol. The number of rotatable bonds is 8. The van der Waals surface area contributed by atoms with Gasteiger partial charge in [0.05, 0.1) is 27.4 Å². The van der Waals surface area contributed by atoms with E-state index in [0.717, 1.165) is 5.56 Å². The Morgan fingerprint density at radius 3 is 2.09 bits per heavy atom. The van der Waals surface area contributed by atoms with Crippen molar-refractivity contribution in [1.82, 2.24) is 0 Å². The highest BCUT2D eigenvalue weighted by molar-refractivity contribution is 5.62. The summed E-state index contributed by atoms with van der Waals surface area (Å²) in [6, 6.07) is 3.36. The summed E-state index contributed by atoms with van der Waals surface area (Å²) in [6.07, 6.45) is -9.46. The lowest BCUT2D eigenvalue weighted by atomic mass is 9.99. The Balaban J connectivity index is 1.75. The number of ether oxygens (including phenoxy) is 6. The molecule has 9 atom stereocenters. The first kappa shape index (κ1) is 26.6. The van der Waals surface area contributed by atoms with Crippen LogP contribution in [0.3, 0.4) is 0 Å². The molecule has 192 valence electrons. The first-order valence-corrected chi connectivity index (χ1v) is 10.7. The third kappa shape index (κ3) is 5.62. The topological polar surface area (TPSA) is 177 Å². The minimum Gasteiger partial charge on any atom is -0.493 e. The van der Waals surface area contributed by atoms with Gasteiger partial charge >= 0.3 is 0 Å². The van der Waals surface area contributed by atoms with Gasteiger partial charge in [-0.2, -0.15) is 0 Å². The Hall–Kier alpha value is -2.00. The lowest BCUT2D eigenvalue weighted by Gasteiger charge is -2.41. The largest absolute Gasteiger partial charge is 0.493 e. The molecular formula is C22H32O12. The van der Waals surface area contributed by atoms with Crippen LogP contribution in [0.25, 0.3) is 6.08 Å². The van der Waals surface area contributed by atoms with E-state index in [1.54, 1.807) is 12.1 Å². The van der Waals surface area contributed by atoms with Gasteiger partial charge in [-0.3, -0.25) is 0 Å². The fourth-order valence-corrected chi connectivity index (χ4v) is 3.69. The zero-order chi connectivity index (χ0) is 25.0. The van der Waals surface area contributed by atoms with Crippen molar-refractivity contribution in [3.8, 4) is 17.2 Å². The molecule has 0 spiro atoms. The summed E-state index contributed by atoms with van der Waals surface area (Å²) in [5.74, 6) is 0.666. The van der Waals surface area contributed by atoms with Gasteiger partial charge in [0.25, 0.3) is 0 Å². The molecule has 0 unspecified atom stereocenters. The normalized spacial score (nSPS) is 36.4. The molecule has 2 heterocycles. The van der Waals surface area contributed by atoms with Crippen molar-refractivity contribution in [2.45, 2.75) is 62.2 Å². The number of allylic oxidation sites excluding steroid dienone is 1. The highest BCUT2D eigenvalue weighted by atomic mass is 16.7. The van der Waals surface area contributed by atoms with Gasteiger partial charge in [0.2, 0.25) is 12.0 Å². The van der Waals surface area contributed by atoms with Gasteiger partial charge in [0.1, 0.15) is 42.7 Å². The molecule has 12 nitrogen and oxygen atoms in total. The second-order valence-corrected chi connectivity index (χ2v) is 7.97. The molecule has 2 saturated heterocycles. The summed E-state index contributed by atoms with van der Waals surface area (Å²) >= 11 is 0. The van der Waals surface area contributed by atoms with E-state index in [4.69, 9.17) is 28.4 Å². The molecule has 2 aliphatic rings. The van der Waals surface area contributed by atoms with E-state index in [9.17, 15) is 30.6 Å². The van der Waals surface area contributed by atoms with E-state index in [0.29, 0.717) is 0 Å². The van der Waals surface area contributed by atoms with Gasteiger partial charge in [-0.15, -0.1) is 0 Å². The smallest absolute Gasteiger partial charge is 0.229 e. The van der Waals surface area contributed by atoms with Gasteiger partial charge in [-0.25, -0.2) is 0 Å². The van der Waals surface area contributed by atoms with Crippen LogP contribution in [0.1, 0.15) is 12.5 Å². The van der Waals surface area contributed by atoms with Crippen molar-refractivity contribution in [2.75, 3.05) is 27.4 Å². The minimum absolute atomic E-state index is 0.105. The van der Waals surface area contributed by atoms with Gasteiger partial charge in [-0.05, 0) is 24.6 Å². The van der Waals surface area contributed by atoms with Crippen LogP contribution in [0.2, 0.25) is 0 Å². The van der Waals surface area contributed by atoms with E-state index < -0.39 is 61.9 Å². The van der Waals surface area contributed by atoms with Gasteiger partial charge < -0.3 is 59.1 Å². The molecule has 0 radical (unpaired) electrons. The van der Waals surface area contributed by atoms with Crippen molar-refractivity contribution in [1.29, 1.82) is 0 Å². The maximum Gasteiger partial charge on any atom is 0.229 e. The van der Waals surface area contributed by atoms with Crippen molar-refractivity contribution in [3.63, 3.8) is 0 Å². The Labute approximate surface area is 196 Å². The highest BCUT2D eigenvalue weighted by Gasteiger charge is 2.47. The van der Waals surface area contributed by atoms with Crippen LogP contribution in [0.15, 0.2) is 18.2 Å². The van der Waals surface area contributed by atoms with Crippen LogP contribution in [0, 0.1) is 0 Å². The van der Waals surface area contributed by atoms with E-state index in [1.807, 2.05) is 19.1 Å². The molecule has 6 N–H and O–H groups in total. The molecule has 2 fully saturated rings. The second-order valence-electron chi connectivity index (χ2n) is 7.97. The number of hydrogen-bond donors (Lipinski definition) is 6. The molecule has 0 saturated carbocycles. The van der Waals surface area contributed by atoms with E-state index in [2.05, 4.69) is 0 Å². The molecular weight excluding hydrogens is 456 g/mol. The zero-order valence-electron chi connectivity index (χ0n) is 19.1. The first-order chi connectivity index (χ1) is 16.2. The van der Waals surface area contributed by atoms with E-state index >= 15 is 0 Å². The summed E-state index contributed by atoms with van der Waals surface area (Å²) < 4.78 is 32.8. The Kier molecular flexibility index (Phi) is 9.09. The predicted octanol–water partition coefficient (Wildman–Crippen LogP) is -1.62. The SMILES string of the molecule is C/C=C/c1cc(OC)c(O[C@@H]2O[C@H](CO[C@@H]3OC[C@@H](O)[C@H](O)[C@H]3O)[C@@H](O)[C@H](O)[C@H]2O)c(OC)c1. The minimum atomic E-state index is -1.66. The third-order valence-corrected chi connectivity index (χ3v) is 5.62. The zero-order valence-corrected chi connectivity index (χ0v) is 19.1. The number of benzene rings is 1. The van der Waals surface area contributed by atoms with Crippen molar-refractivity contribution >= 4 is 6.08 Å².